The second-order valence-corrected chi connectivity index (χ2v) is 3.16. The van der Waals surface area contributed by atoms with Crippen LogP contribution in [0.25, 0.3) is 0 Å². The van der Waals surface area contributed by atoms with Crippen molar-refractivity contribution < 1.29 is 9.84 Å². The Bertz CT molecular complexity index is 89.7. The Morgan fingerprint density at radius 3 is 2.27 bits per heavy atom. The quantitative estimate of drug-likeness (QED) is 0.587. The number of ether oxygens (including phenoxy) is 1. The van der Waals surface area contributed by atoms with Crippen LogP contribution in [0.5, 0.6) is 0 Å². The predicted octanol–water partition coefficient (Wildman–Crippen LogP) is 1.96. The second kappa shape index (κ2) is 4.73. The molecule has 0 amide bonds. The number of hydrogen-bond acceptors (Lipinski definition) is 2. The number of hydrogen-bond donors (Lipinski definition) is 1. The predicted molar refractivity (Wildman–Crippen MR) is 46.6 cm³/mol. The van der Waals surface area contributed by atoms with Gasteiger partial charge in [-0.3, -0.25) is 0 Å². The molecule has 1 aliphatic heterocycles. The third-order valence-corrected chi connectivity index (χ3v) is 1.77. The fourth-order valence-electron chi connectivity index (χ4n) is 0.992. The lowest BCUT2D eigenvalue weighted by atomic mass is 9.97. The van der Waals surface area contributed by atoms with Gasteiger partial charge in [-0.15, -0.1) is 0 Å². The van der Waals surface area contributed by atoms with Crippen molar-refractivity contribution in [3.05, 3.63) is 0 Å². The molecule has 1 aliphatic rings. The molecule has 0 saturated carbocycles. The van der Waals surface area contributed by atoms with Crippen molar-refractivity contribution in [2.24, 2.45) is 0 Å². The molecule has 0 bridgehead atoms. The summed E-state index contributed by atoms with van der Waals surface area (Å²) in [6.45, 7) is 8.35. The van der Waals surface area contributed by atoms with Crippen LogP contribution in [-0.4, -0.2) is 23.4 Å². The summed E-state index contributed by atoms with van der Waals surface area (Å²) in [6, 6.07) is 0. The minimum absolute atomic E-state index is 0.338. The number of aliphatic hydroxyl groups is 1. The van der Waals surface area contributed by atoms with Crippen LogP contribution in [0.3, 0.4) is 0 Å². The lowest BCUT2D eigenvalue weighted by molar-refractivity contribution is -0.103. The van der Waals surface area contributed by atoms with Crippen LogP contribution in [0.2, 0.25) is 0 Å². The van der Waals surface area contributed by atoms with E-state index in [1.54, 1.807) is 0 Å². The molecule has 0 radical (unpaired) electrons. The number of rotatable bonds is 0. The van der Waals surface area contributed by atoms with E-state index in [9.17, 15) is 5.11 Å². The van der Waals surface area contributed by atoms with Crippen LogP contribution < -0.4 is 0 Å². The van der Waals surface area contributed by atoms with Crippen LogP contribution in [0, 0.1) is 0 Å². The van der Waals surface area contributed by atoms with Crippen LogP contribution in [-0.2, 0) is 4.74 Å². The van der Waals surface area contributed by atoms with E-state index < -0.39 is 5.60 Å². The molecule has 0 spiro atoms. The first-order valence-electron chi connectivity index (χ1n) is 4.44. The molecule has 1 N–H and O–H groups in total. The zero-order chi connectivity index (χ0) is 8.91. The Kier molecular flexibility index (Phi) is 4.69. The molecule has 68 valence electrons. The van der Waals surface area contributed by atoms with E-state index in [-0.39, 0.29) is 0 Å². The summed E-state index contributed by atoms with van der Waals surface area (Å²) in [5, 5.41) is 9.37. The highest BCUT2D eigenvalue weighted by Gasteiger charge is 2.26. The van der Waals surface area contributed by atoms with Crippen LogP contribution in [0.4, 0.5) is 0 Å². The summed E-state index contributed by atoms with van der Waals surface area (Å²) in [7, 11) is 0. The molecule has 2 atom stereocenters. The van der Waals surface area contributed by atoms with Gasteiger partial charge >= 0.3 is 0 Å². The third kappa shape index (κ3) is 4.38. The van der Waals surface area contributed by atoms with Gasteiger partial charge in [0.1, 0.15) is 0 Å². The first-order valence-corrected chi connectivity index (χ1v) is 4.44. The van der Waals surface area contributed by atoms with E-state index in [0.29, 0.717) is 12.7 Å². The van der Waals surface area contributed by atoms with Crippen molar-refractivity contribution in [2.45, 2.75) is 52.2 Å². The molecular formula is C9H20O2. The molecule has 2 heteroatoms. The Hall–Kier alpha value is -0.0800. The summed E-state index contributed by atoms with van der Waals surface area (Å²) in [5.74, 6) is 0. The van der Waals surface area contributed by atoms with Crippen LogP contribution in [0.1, 0.15) is 40.5 Å². The van der Waals surface area contributed by atoms with E-state index in [2.05, 4.69) is 0 Å². The molecule has 1 fully saturated rings. The second-order valence-electron chi connectivity index (χ2n) is 3.16. The molecule has 2 nitrogen and oxygen atoms in total. The smallest absolute Gasteiger partial charge is 0.0853 e. The Labute approximate surface area is 69.6 Å². The average molecular weight is 160 g/mol. The van der Waals surface area contributed by atoms with Crippen molar-refractivity contribution in [2.75, 3.05) is 6.61 Å². The molecule has 0 aromatic carbocycles. The van der Waals surface area contributed by atoms with Gasteiger partial charge < -0.3 is 9.84 Å². The monoisotopic (exact) mass is 160 g/mol. The SMILES string of the molecule is CC.C[C@H]1CCC(C)(O)CO1. The van der Waals surface area contributed by atoms with Gasteiger partial charge in [-0.25, -0.2) is 0 Å². The minimum atomic E-state index is -0.563. The van der Waals surface area contributed by atoms with Gasteiger partial charge in [-0.1, -0.05) is 13.8 Å². The largest absolute Gasteiger partial charge is 0.388 e. The Balaban J connectivity index is 0.000000461. The molecule has 0 aliphatic carbocycles. The van der Waals surface area contributed by atoms with Crippen LogP contribution in [0.15, 0.2) is 0 Å². The van der Waals surface area contributed by atoms with Gasteiger partial charge in [0.05, 0.1) is 18.3 Å². The van der Waals surface area contributed by atoms with Crippen LogP contribution >= 0.6 is 0 Å². The normalized spacial score (nSPS) is 37.4. The van der Waals surface area contributed by atoms with E-state index in [1.165, 1.54) is 0 Å². The van der Waals surface area contributed by atoms with Gasteiger partial charge in [0.15, 0.2) is 0 Å². The Morgan fingerprint density at radius 2 is 2.00 bits per heavy atom. The van der Waals surface area contributed by atoms with E-state index >= 15 is 0 Å². The third-order valence-electron chi connectivity index (χ3n) is 1.77. The van der Waals surface area contributed by atoms with Crippen molar-refractivity contribution in [1.29, 1.82) is 0 Å². The molecule has 1 unspecified atom stereocenters. The fraction of sp³-hybridized carbons (Fsp3) is 1.00. The molecule has 1 heterocycles. The highest BCUT2D eigenvalue weighted by atomic mass is 16.5. The average Bonchev–Trinajstić information content (AvgIpc) is 2.00. The van der Waals surface area contributed by atoms with E-state index in [0.717, 1.165) is 12.8 Å². The van der Waals surface area contributed by atoms with E-state index in [4.69, 9.17) is 4.74 Å². The maximum Gasteiger partial charge on any atom is 0.0853 e. The summed E-state index contributed by atoms with van der Waals surface area (Å²) in [6.07, 6.45) is 2.19. The van der Waals surface area contributed by atoms with Gasteiger partial charge in [0.2, 0.25) is 0 Å². The maximum atomic E-state index is 9.37. The summed E-state index contributed by atoms with van der Waals surface area (Å²) >= 11 is 0. The molecule has 1 saturated heterocycles. The van der Waals surface area contributed by atoms with Gasteiger partial charge in [-0.05, 0) is 26.7 Å². The summed E-state index contributed by atoms with van der Waals surface area (Å²) in [5.41, 5.74) is -0.563. The topological polar surface area (TPSA) is 29.5 Å². The zero-order valence-electron chi connectivity index (χ0n) is 8.05. The first kappa shape index (κ1) is 10.9. The standard InChI is InChI=1S/C7H14O2.C2H6/c1-6-3-4-7(2,8)5-9-6;1-2/h6,8H,3-5H2,1-2H3;1-2H3/t6-,7?;/m0./s1. The molecule has 0 aromatic heterocycles. The minimum Gasteiger partial charge on any atom is -0.388 e. The highest BCUT2D eigenvalue weighted by molar-refractivity contribution is 4.77. The van der Waals surface area contributed by atoms with Gasteiger partial charge in [0, 0.05) is 0 Å². The van der Waals surface area contributed by atoms with Crippen molar-refractivity contribution in [3.8, 4) is 0 Å². The van der Waals surface area contributed by atoms with Gasteiger partial charge in [0.25, 0.3) is 0 Å². The Morgan fingerprint density at radius 1 is 1.45 bits per heavy atom. The highest BCUT2D eigenvalue weighted by Crippen LogP contribution is 2.21. The lowest BCUT2D eigenvalue weighted by Gasteiger charge is -2.31. The fourth-order valence-corrected chi connectivity index (χ4v) is 0.992. The van der Waals surface area contributed by atoms with Crippen molar-refractivity contribution in [1.82, 2.24) is 0 Å². The summed E-state index contributed by atoms with van der Waals surface area (Å²) < 4.78 is 5.24. The molecule has 11 heavy (non-hydrogen) atoms. The van der Waals surface area contributed by atoms with E-state index in [1.807, 2.05) is 27.7 Å². The maximum absolute atomic E-state index is 9.37. The molecular weight excluding hydrogens is 140 g/mol. The molecule has 1 rings (SSSR count). The van der Waals surface area contributed by atoms with Gasteiger partial charge in [-0.2, -0.15) is 0 Å². The molecule has 0 aromatic rings. The zero-order valence-corrected chi connectivity index (χ0v) is 8.05. The summed E-state index contributed by atoms with van der Waals surface area (Å²) in [4.78, 5) is 0. The van der Waals surface area contributed by atoms with Crippen molar-refractivity contribution in [3.63, 3.8) is 0 Å². The first-order chi connectivity index (χ1) is 5.10. The van der Waals surface area contributed by atoms with Crippen molar-refractivity contribution >= 4 is 0 Å². The lowest BCUT2D eigenvalue weighted by Crippen LogP contribution is -2.37.